The van der Waals surface area contributed by atoms with Crippen LogP contribution in [0.3, 0.4) is 0 Å². The number of benzene rings is 1. The van der Waals surface area contributed by atoms with Crippen LogP contribution in [0.25, 0.3) is 0 Å². The lowest BCUT2D eigenvalue weighted by Crippen LogP contribution is -2.41. The molecule has 1 aliphatic carbocycles. The van der Waals surface area contributed by atoms with E-state index >= 15 is 0 Å². The predicted octanol–water partition coefficient (Wildman–Crippen LogP) is 3.13. The minimum Gasteiger partial charge on any atom is -0.387 e. The Morgan fingerprint density at radius 1 is 1.37 bits per heavy atom. The molecule has 1 atom stereocenters. The average Bonchev–Trinajstić information content (AvgIpc) is 2.32. The van der Waals surface area contributed by atoms with E-state index in [0.29, 0.717) is 24.1 Å². The van der Waals surface area contributed by atoms with Gasteiger partial charge in [-0.05, 0) is 36.5 Å². The van der Waals surface area contributed by atoms with Crippen molar-refractivity contribution >= 4 is 0 Å². The highest BCUT2D eigenvalue weighted by Crippen LogP contribution is 2.31. The third-order valence-electron chi connectivity index (χ3n) is 3.57. The second-order valence-corrected chi connectivity index (χ2v) is 5.32. The van der Waals surface area contributed by atoms with Gasteiger partial charge in [-0.15, -0.1) is 0 Å². The van der Waals surface area contributed by atoms with Crippen LogP contribution in [-0.4, -0.2) is 17.7 Å². The van der Waals surface area contributed by atoms with E-state index in [-0.39, 0.29) is 0 Å². The second-order valence-electron chi connectivity index (χ2n) is 5.32. The van der Waals surface area contributed by atoms with Crippen molar-refractivity contribution in [2.24, 2.45) is 5.92 Å². The van der Waals surface area contributed by atoms with Crippen LogP contribution in [-0.2, 0) is 6.18 Å². The summed E-state index contributed by atoms with van der Waals surface area (Å²) >= 11 is 0. The lowest BCUT2D eigenvalue weighted by atomic mass is 9.82. The molecule has 0 aromatic heterocycles. The Labute approximate surface area is 110 Å². The highest BCUT2D eigenvalue weighted by molar-refractivity contribution is 5.27. The second kappa shape index (κ2) is 5.51. The van der Waals surface area contributed by atoms with Crippen molar-refractivity contribution in [1.29, 1.82) is 0 Å². The van der Waals surface area contributed by atoms with Crippen molar-refractivity contribution in [2.45, 2.75) is 38.1 Å². The van der Waals surface area contributed by atoms with Gasteiger partial charge in [-0.25, -0.2) is 0 Å². The summed E-state index contributed by atoms with van der Waals surface area (Å²) in [6.07, 6.45) is -3.14. The van der Waals surface area contributed by atoms with Crippen molar-refractivity contribution in [1.82, 2.24) is 5.32 Å². The van der Waals surface area contributed by atoms with Crippen LogP contribution < -0.4 is 5.32 Å². The number of rotatable bonds is 4. The maximum Gasteiger partial charge on any atom is 0.416 e. The van der Waals surface area contributed by atoms with Crippen LogP contribution in [0.1, 0.15) is 37.0 Å². The molecule has 2 rings (SSSR count). The van der Waals surface area contributed by atoms with Gasteiger partial charge in [-0.3, -0.25) is 0 Å². The Balaban J connectivity index is 1.93. The summed E-state index contributed by atoms with van der Waals surface area (Å²) in [4.78, 5) is 0. The first-order valence-corrected chi connectivity index (χ1v) is 6.45. The molecular weight excluding hydrogens is 255 g/mol. The molecule has 0 saturated heterocycles. The first-order valence-electron chi connectivity index (χ1n) is 6.45. The maximum atomic E-state index is 12.6. The van der Waals surface area contributed by atoms with Crippen molar-refractivity contribution in [2.75, 3.05) is 6.54 Å². The minimum atomic E-state index is -4.37. The van der Waals surface area contributed by atoms with Crippen molar-refractivity contribution in [3.8, 4) is 0 Å². The van der Waals surface area contributed by atoms with Crippen molar-refractivity contribution in [3.05, 3.63) is 35.4 Å². The molecule has 0 aliphatic heterocycles. The predicted molar refractivity (Wildman–Crippen MR) is 66.6 cm³/mol. The van der Waals surface area contributed by atoms with Gasteiger partial charge in [-0.1, -0.05) is 19.1 Å². The summed E-state index contributed by atoms with van der Waals surface area (Å²) < 4.78 is 37.7. The molecule has 1 saturated carbocycles. The van der Waals surface area contributed by atoms with Crippen molar-refractivity contribution < 1.29 is 18.3 Å². The van der Waals surface area contributed by atoms with Gasteiger partial charge in [0.05, 0.1) is 11.7 Å². The molecule has 0 radical (unpaired) electrons. The van der Waals surface area contributed by atoms with Gasteiger partial charge in [0.2, 0.25) is 0 Å². The molecule has 0 spiro atoms. The highest BCUT2D eigenvalue weighted by atomic mass is 19.4. The highest BCUT2D eigenvalue weighted by Gasteiger charge is 2.31. The van der Waals surface area contributed by atoms with E-state index in [0.717, 1.165) is 25.0 Å². The van der Waals surface area contributed by atoms with E-state index in [1.165, 1.54) is 12.1 Å². The van der Waals surface area contributed by atoms with Crippen LogP contribution in [0.15, 0.2) is 24.3 Å². The SMILES string of the molecule is CC1CC(NCC(O)c2cccc(C(F)(F)F)c2)C1. The maximum absolute atomic E-state index is 12.6. The first-order chi connectivity index (χ1) is 8.86. The normalized spacial score (nSPS) is 24.9. The summed E-state index contributed by atoms with van der Waals surface area (Å²) in [6.45, 7) is 2.44. The largest absolute Gasteiger partial charge is 0.416 e. The third kappa shape index (κ3) is 3.70. The average molecular weight is 273 g/mol. The number of aliphatic hydroxyl groups excluding tert-OH is 1. The molecule has 1 aliphatic rings. The van der Waals surface area contributed by atoms with Gasteiger partial charge in [0.1, 0.15) is 0 Å². The molecule has 2 nitrogen and oxygen atoms in total. The number of hydrogen-bond donors (Lipinski definition) is 2. The van der Waals surface area contributed by atoms with Crippen LogP contribution in [0.5, 0.6) is 0 Å². The standard InChI is InChI=1S/C14H18F3NO/c1-9-5-12(6-9)18-8-13(19)10-3-2-4-11(7-10)14(15,16)17/h2-4,7,9,12-13,18-19H,5-6,8H2,1H3. The Kier molecular flexibility index (Phi) is 4.16. The van der Waals surface area contributed by atoms with Gasteiger partial charge in [0, 0.05) is 12.6 Å². The number of aliphatic hydroxyl groups is 1. The number of nitrogens with one attached hydrogen (secondary N) is 1. The molecule has 2 N–H and O–H groups in total. The van der Waals surface area contributed by atoms with Crippen LogP contribution in [0.2, 0.25) is 0 Å². The summed E-state index contributed by atoms with van der Waals surface area (Å²) in [6, 6.07) is 5.25. The van der Waals surface area contributed by atoms with Gasteiger partial charge in [0.15, 0.2) is 0 Å². The lowest BCUT2D eigenvalue weighted by Gasteiger charge is -2.34. The third-order valence-corrected chi connectivity index (χ3v) is 3.57. The van der Waals surface area contributed by atoms with E-state index < -0.39 is 17.8 Å². The zero-order valence-corrected chi connectivity index (χ0v) is 10.7. The first kappa shape index (κ1) is 14.3. The molecule has 5 heteroatoms. The zero-order valence-electron chi connectivity index (χ0n) is 10.7. The Morgan fingerprint density at radius 2 is 2.05 bits per heavy atom. The van der Waals surface area contributed by atoms with Gasteiger partial charge in [0.25, 0.3) is 0 Å². The number of halogens is 3. The van der Waals surface area contributed by atoms with E-state index in [4.69, 9.17) is 0 Å². The summed E-state index contributed by atoms with van der Waals surface area (Å²) in [5.41, 5.74) is -0.420. The Hall–Kier alpha value is -1.07. The molecule has 1 unspecified atom stereocenters. The molecular formula is C14H18F3NO. The van der Waals surface area contributed by atoms with Crippen LogP contribution in [0.4, 0.5) is 13.2 Å². The van der Waals surface area contributed by atoms with Gasteiger partial charge in [-0.2, -0.15) is 13.2 Å². The molecule has 0 bridgehead atoms. The molecule has 106 valence electrons. The Morgan fingerprint density at radius 3 is 2.63 bits per heavy atom. The molecule has 0 heterocycles. The fourth-order valence-corrected chi connectivity index (χ4v) is 2.39. The van der Waals surface area contributed by atoms with E-state index in [1.54, 1.807) is 0 Å². The van der Waals surface area contributed by atoms with E-state index in [1.807, 2.05) is 0 Å². The monoisotopic (exact) mass is 273 g/mol. The molecule has 1 fully saturated rings. The molecule has 1 aromatic carbocycles. The molecule has 19 heavy (non-hydrogen) atoms. The topological polar surface area (TPSA) is 32.3 Å². The summed E-state index contributed by atoms with van der Waals surface area (Å²) in [5.74, 6) is 0.697. The number of alkyl halides is 3. The lowest BCUT2D eigenvalue weighted by molar-refractivity contribution is -0.137. The molecule has 0 amide bonds. The molecule has 1 aromatic rings. The smallest absolute Gasteiger partial charge is 0.387 e. The zero-order chi connectivity index (χ0) is 14.0. The van der Waals surface area contributed by atoms with Gasteiger partial charge < -0.3 is 10.4 Å². The summed E-state index contributed by atoms with van der Waals surface area (Å²) in [7, 11) is 0. The van der Waals surface area contributed by atoms with Gasteiger partial charge >= 0.3 is 6.18 Å². The number of hydrogen-bond acceptors (Lipinski definition) is 2. The van der Waals surface area contributed by atoms with E-state index in [9.17, 15) is 18.3 Å². The fourth-order valence-electron chi connectivity index (χ4n) is 2.39. The van der Waals surface area contributed by atoms with E-state index in [2.05, 4.69) is 12.2 Å². The fraction of sp³-hybridized carbons (Fsp3) is 0.571. The van der Waals surface area contributed by atoms with Crippen LogP contribution in [0, 0.1) is 5.92 Å². The summed E-state index contributed by atoms with van der Waals surface area (Å²) in [5, 5.41) is 13.1. The van der Waals surface area contributed by atoms with Crippen LogP contribution >= 0.6 is 0 Å². The minimum absolute atomic E-state index is 0.290. The quantitative estimate of drug-likeness (QED) is 0.883. The Bertz CT molecular complexity index is 427. The van der Waals surface area contributed by atoms with Crippen molar-refractivity contribution in [3.63, 3.8) is 0 Å².